The molecule has 4 nitrogen and oxygen atoms in total. The monoisotopic (exact) mass is 359 g/mol. The van der Waals surface area contributed by atoms with Gasteiger partial charge in [-0.1, -0.05) is 23.7 Å². The standard InChI is InChI=1S/C19H19ClFN3O/c20-15-4-3-5-16(21)14(15)10-19(25)24-9-7-13-11-23(12-17(13)24)18-6-1-2-8-22-18/h1-6,8,13,17H,7,9-12H2. The van der Waals surface area contributed by atoms with Gasteiger partial charge in [0.1, 0.15) is 11.6 Å². The average molecular weight is 360 g/mol. The van der Waals surface area contributed by atoms with Crippen molar-refractivity contribution in [2.24, 2.45) is 5.92 Å². The maximum Gasteiger partial charge on any atom is 0.227 e. The number of amides is 1. The third-order valence-corrected chi connectivity index (χ3v) is 5.59. The molecule has 2 unspecified atom stereocenters. The van der Waals surface area contributed by atoms with Crippen LogP contribution in [0.2, 0.25) is 5.02 Å². The van der Waals surface area contributed by atoms with Crippen molar-refractivity contribution in [3.05, 3.63) is 59.0 Å². The van der Waals surface area contributed by atoms with E-state index in [2.05, 4.69) is 9.88 Å². The van der Waals surface area contributed by atoms with Crippen molar-refractivity contribution in [1.82, 2.24) is 9.88 Å². The fourth-order valence-electron chi connectivity index (χ4n) is 3.95. The first-order valence-electron chi connectivity index (χ1n) is 8.52. The molecule has 1 amide bonds. The molecule has 0 bridgehead atoms. The molecule has 2 aliphatic heterocycles. The van der Waals surface area contributed by atoms with Gasteiger partial charge in [-0.05, 0) is 30.7 Å². The van der Waals surface area contributed by atoms with Crippen LogP contribution in [0.5, 0.6) is 0 Å². The van der Waals surface area contributed by atoms with Gasteiger partial charge in [-0.15, -0.1) is 0 Å². The van der Waals surface area contributed by atoms with Gasteiger partial charge in [0.15, 0.2) is 0 Å². The maximum absolute atomic E-state index is 14.0. The summed E-state index contributed by atoms with van der Waals surface area (Å²) in [5.41, 5.74) is 0.289. The van der Waals surface area contributed by atoms with E-state index in [1.807, 2.05) is 23.1 Å². The average Bonchev–Trinajstić information content (AvgIpc) is 3.19. The van der Waals surface area contributed by atoms with Gasteiger partial charge in [0.25, 0.3) is 0 Å². The van der Waals surface area contributed by atoms with Gasteiger partial charge >= 0.3 is 0 Å². The number of hydrogen-bond acceptors (Lipinski definition) is 3. The number of halogens is 2. The van der Waals surface area contributed by atoms with Gasteiger partial charge in [-0.25, -0.2) is 9.37 Å². The minimum Gasteiger partial charge on any atom is -0.354 e. The molecule has 3 heterocycles. The SMILES string of the molecule is O=C(Cc1c(F)cccc1Cl)N1CCC2CN(c3ccccn3)CC21. The van der Waals surface area contributed by atoms with Gasteiger partial charge < -0.3 is 9.80 Å². The number of carbonyl (C=O) groups excluding carboxylic acids is 1. The van der Waals surface area contributed by atoms with Crippen molar-refractivity contribution in [3.63, 3.8) is 0 Å². The molecule has 25 heavy (non-hydrogen) atoms. The Balaban J connectivity index is 1.48. The molecule has 1 aromatic heterocycles. The molecule has 0 saturated carbocycles. The van der Waals surface area contributed by atoms with Crippen LogP contribution in [0.4, 0.5) is 10.2 Å². The van der Waals surface area contributed by atoms with Crippen LogP contribution < -0.4 is 4.90 Å². The number of nitrogens with zero attached hydrogens (tertiary/aromatic N) is 3. The number of anilines is 1. The van der Waals surface area contributed by atoms with Gasteiger partial charge in [0.2, 0.25) is 5.91 Å². The Morgan fingerprint density at radius 1 is 1.24 bits per heavy atom. The number of rotatable bonds is 3. The number of aromatic nitrogens is 1. The quantitative estimate of drug-likeness (QED) is 0.844. The van der Waals surface area contributed by atoms with Crippen LogP contribution in [0.25, 0.3) is 0 Å². The molecule has 6 heteroatoms. The molecule has 0 spiro atoms. The third-order valence-electron chi connectivity index (χ3n) is 5.23. The first kappa shape index (κ1) is 16.3. The summed E-state index contributed by atoms with van der Waals surface area (Å²) in [5.74, 6) is 0.920. The van der Waals surface area contributed by atoms with Crippen molar-refractivity contribution in [2.75, 3.05) is 24.5 Å². The van der Waals surface area contributed by atoms with E-state index < -0.39 is 5.82 Å². The minimum absolute atomic E-state index is 0.0122. The Kier molecular flexibility index (Phi) is 4.34. The lowest BCUT2D eigenvalue weighted by Crippen LogP contribution is -2.40. The lowest BCUT2D eigenvalue weighted by atomic mass is 10.0. The number of pyridine rings is 1. The maximum atomic E-state index is 14.0. The first-order chi connectivity index (χ1) is 12.1. The molecule has 2 fully saturated rings. The largest absolute Gasteiger partial charge is 0.354 e. The number of benzene rings is 1. The lowest BCUT2D eigenvalue weighted by Gasteiger charge is -2.25. The van der Waals surface area contributed by atoms with Crippen LogP contribution in [0.3, 0.4) is 0 Å². The summed E-state index contributed by atoms with van der Waals surface area (Å²) in [4.78, 5) is 21.3. The Morgan fingerprint density at radius 2 is 2.12 bits per heavy atom. The first-order valence-corrected chi connectivity index (χ1v) is 8.89. The molecule has 130 valence electrons. The molecular formula is C19H19ClFN3O. The van der Waals surface area contributed by atoms with E-state index in [0.29, 0.717) is 10.9 Å². The molecule has 1 aromatic carbocycles. The van der Waals surface area contributed by atoms with E-state index in [4.69, 9.17) is 11.6 Å². The summed E-state index contributed by atoms with van der Waals surface area (Å²) in [7, 11) is 0. The Labute approximate surface area is 151 Å². The topological polar surface area (TPSA) is 36.4 Å². The number of likely N-dealkylation sites (tertiary alicyclic amines) is 1. The van der Waals surface area contributed by atoms with Gasteiger partial charge in [-0.2, -0.15) is 0 Å². The second-order valence-electron chi connectivity index (χ2n) is 6.67. The summed E-state index contributed by atoms with van der Waals surface area (Å²) in [6.45, 7) is 2.42. The van der Waals surface area contributed by atoms with E-state index in [0.717, 1.165) is 31.9 Å². The highest BCUT2D eigenvalue weighted by Crippen LogP contribution is 2.34. The molecule has 0 radical (unpaired) electrons. The van der Waals surface area contributed by atoms with Gasteiger partial charge in [-0.3, -0.25) is 4.79 Å². The Bertz CT molecular complexity index is 765. The zero-order valence-corrected chi connectivity index (χ0v) is 14.5. The van der Waals surface area contributed by atoms with E-state index in [9.17, 15) is 9.18 Å². The smallest absolute Gasteiger partial charge is 0.227 e. The summed E-state index contributed by atoms with van der Waals surface area (Å²) in [5, 5.41) is 0.311. The van der Waals surface area contributed by atoms with Crippen molar-refractivity contribution in [3.8, 4) is 0 Å². The third kappa shape index (κ3) is 3.09. The molecule has 4 rings (SSSR count). The molecule has 0 N–H and O–H groups in total. The van der Waals surface area contributed by atoms with Crippen LogP contribution in [0.15, 0.2) is 42.6 Å². The Hall–Kier alpha value is -2.14. The van der Waals surface area contributed by atoms with Crippen molar-refractivity contribution in [2.45, 2.75) is 18.9 Å². The van der Waals surface area contributed by atoms with Crippen LogP contribution in [-0.4, -0.2) is 41.5 Å². The second kappa shape index (κ2) is 6.64. The van der Waals surface area contributed by atoms with Crippen LogP contribution in [0.1, 0.15) is 12.0 Å². The summed E-state index contributed by atoms with van der Waals surface area (Å²) >= 11 is 6.07. The number of carbonyl (C=O) groups is 1. The van der Waals surface area contributed by atoms with Crippen molar-refractivity contribution in [1.29, 1.82) is 0 Å². The second-order valence-corrected chi connectivity index (χ2v) is 7.08. The van der Waals surface area contributed by atoms with E-state index in [1.165, 1.54) is 6.07 Å². The summed E-state index contributed by atoms with van der Waals surface area (Å²) in [6, 6.07) is 10.6. The highest BCUT2D eigenvalue weighted by molar-refractivity contribution is 6.31. The normalized spacial score (nSPS) is 22.3. The van der Waals surface area contributed by atoms with Gasteiger partial charge in [0.05, 0.1) is 12.5 Å². The highest BCUT2D eigenvalue weighted by Gasteiger charge is 2.43. The predicted octanol–water partition coefficient (Wildman–Crippen LogP) is 3.15. The van der Waals surface area contributed by atoms with E-state index >= 15 is 0 Å². The zero-order chi connectivity index (χ0) is 17.4. The van der Waals surface area contributed by atoms with Crippen LogP contribution in [0, 0.1) is 11.7 Å². The highest BCUT2D eigenvalue weighted by atomic mass is 35.5. The minimum atomic E-state index is -0.418. The fourth-order valence-corrected chi connectivity index (χ4v) is 4.18. The number of hydrogen-bond donors (Lipinski definition) is 0. The summed E-state index contributed by atoms with van der Waals surface area (Å²) < 4.78 is 14.0. The van der Waals surface area contributed by atoms with E-state index in [1.54, 1.807) is 18.3 Å². The molecule has 0 aliphatic carbocycles. The van der Waals surface area contributed by atoms with Crippen LogP contribution in [-0.2, 0) is 11.2 Å². The van der Waals surface area contributed by atoms with E-state index in [-0.39, 0.29) is 23.9 Å². The number of fused-ring (bicyclic) bond motifs is 1. The molecule has 2 aliphatic rings. The van der Waals surface area contributed by atoms with Crippen LogP contribution >= 0.6 is 11.6 Å². The lowest BCUT2D eigenvalue weighted by molar-refractivity contribution is -0.131. The predicted molar refractivity (Wildman–Crippen MR) is 95.2 cm³/mol. The summed E-state index contributed by atoms with van der Waals surface area (Å²) in [6.07, 6.45) is 2.77. The Morgan fingerprint density at radius 3 is 2.88 bits per heavy atom. The molecule has 2 saturated heterocycles. The fraction of sp³-hybridized carbons (Fsp3) is 0.368. The van der Waals surface area contributed by atoms with Gasteiger partial charge in [0, 0.05) is 42.3 Å². The van der Waals surface area contributed by atoms with Crippen molar-refractivity contribution >= 4 is 23.3 Å². The van der Waals surface area contributed by atoms with Crippen molar-refractivity contribution < 1.29 is 9.18 Å². The molecular weight excluding hydrogens is 341 g/mol. The zero-order valence-electron chi connectivity index (χ0n) is 13.7. The molecule has 2 aromatic rings. The molecule has 2 atom stereocenters.